The van der Waals surface area contributed by atoms with Gasteiger partial charge in [0.05, 0.1) is 22.9 Å². The molecule has 3 aromatic carbocycles. The number of amides is 1. The zero-order valence-corrected chi connectivity index (χ0v) is 15.7. The fraction of sp³-hybridized carbons (Fsp3) is 0. The number of hydrogen-bond donors (Lipinski definition) is 2. The summed E-state index contributed by atoms with van der Waals surface area (Å²) in [6, 6.07) is 24.8. The lowest BCUT2D eigenvalue weighted by Crippen LogP contribution is -2.10. The van der Waals surface area contributed by atoms with Crippen molar-refractivity contribution in [2.24, 2.45) is 0 Å². The number of hydrogen-bond acceptors (Lipinski definition) is 3. The van der Waals surface area contributed by atoms with Crippen LogP contribution >= 0.6 is 15.9 Å². The maximum absolute atomic E-state index is 12.8. The zero-order valence-electron chi connectivity index (χ0n) is 14.2. The van der Waals surface area contributed by atoms with Crippen molar-refractivity contribution in [3.63, 3.8) is 0 Å². The summed E-state index contributed by atoms with van der Waals surface area (Å²) >= 11 is 3.44. The van der Waals surface area contributed by atoms with E-state index < -0.39 is 0 Å². The highest BCUT2D eigenvalue weighted by molar-refractivity contribution is 9.10. The molecule has 0 saturated carbocycles. The van der Waals surface area contributed by atoms with Gasteiger partial charge in [-0.1, -0.05) is 46.3 Å². The van der Waals surface area contributed by atoms with Gasteiger partial charge in [0.15, 0.2) is 0 Å². The van der Waals surface area contributed by atoms with Crippen LogP contribution in [0.15, 0.2) is 77.3 Å². The lowest BCUT2D eigenvalue weighted by atomic mass is 9.98. The van der Waals surface area contributed by atoms with Crippen LogP contribution < -0.4 is 10.6 Å². The average Bonchev–Trinajstić information content (AvgIpc) is 3.03. The summed E-state index contributed by atoms with van der Waals surface area (Å²) in [5.74, 6) is -0.191. The maximum Gasteiger partial charge on any atom is 0.258 e. The smallest absolute Gasteiger partial charge is 0.258 e. The molecule has 130 valence electrons. The zero-order chi connectivity index (χ0) is 18.8. The van der Waals surface area contributed by atoms with E-state index in [0.717, 1.165) is 21.3 Å². The molecule has 1 amide bonds. The fourth-order valence-corrected chi connectivity index (χ4v) is 3.31. The summed E-state index contributed by atoms with van der Waals surface area (Å²) in [4.78, 5) is 12.8. The van der Waals surface area contributed by atoms with Gasteiger partial charge >= 0.3 is 0 Å². The van der Waals surface area contributed by atoms with Gasteiger partial charge < -0.3 is 10.6 Å². The Morgan fingerprint density at radius 3 is 2.44 bits per heavy atom. The van der Waals surface area contributed by atoms with Crippen LogP contribution in [0.3, 0.4) is 0 Å². The third-order valence-electron chi connectivity index (χ3n) is 4.32. The average molecular weight is 416 g/mol. The van der Waals surface area contributed by atoms with E-state index in [1.54, 1.807) is 18.2 Å². The van der Waals surface area contributed by atoms with Gasteiger partial charge in [-0.2, -0.15) is 5.26 Å². The van der Waals surface area contributed by atoms with E-state index in [9.17, 15) is 10.1 Å². The second-order valence-corrected chi connectivity index (χ2v) is 6.99. The number of nitrogens with zero attached hydrogens (tertiary/aromatic N) is 1. The van der Waals surface area contributed by atoms with E-state index in [-0.39, 0.29) is 5.91 Å². The Labute approximate surface area is 165 Å². The molecule has 0 bridgehead atoms. The number of anilines is 2. The largest absolute Gasteiger partial charge is 0.354 e. The van der Waals surface area contributed by atoms with Gasteiger partial charge in [0.25, 0.3) is 5.91 Å². The van der Waals surface area contributed by atoms with E-state index in [4.69, 9.17) is 0 Å². The monoisotopic (exact) mass is 415 g/mol. The number of nitrogens with one attached hydrogen (secondary N) is 2. The van der Waals surface area contributed by atoms with Crippen LogP contribution in [0.25, 0.3) is 11.3 Å². The number of carbonyl (C=O) groups excluding carboxylic acids is 1. The first-order valence-electron chi connectivity index (χ1n) is 8.34. The molecule has 3 aromatic rings. The van der Waals surface area contributed by atoms with Crippen LogP contribution in [0, 0.1) is 11.3 Å². The van der Waals surface area contributed by atoms with Crippen LogP contribution in [-0.2, 0) is 4.79 Å². The van der Waals surface area contributed by atoms with E-state index in [2.05, 4.69) is 32.6 Å². The van der Waals surface area contributed by atoms with E-state index in [1.165, 1.54) is 0 Å². The van der Waals surface area contributed by atoms with Crippen molar-refractivity contribution in [2.75, 3.05) is 10.6 Å². The highest BCUT2D eigenvalue weighted by atomic mass is 79.9. The van der Waals surface area contributed by atoms with Gasteiger partial charge in [-0.15, -0.1) is 0 Å². The normalized spacial score (nSPS) is 14.1. The first kappa shape index (κ1) is 17.1. The second kappa shape index (κ2) is 7.10. The molecular weight excluding hydrogens is 402 g/mol. The minimum Gasteiger partial charge on any atom is -0.354 e. The SMILES string of the molecule is N#Cc1ccc2c(c1)/C(=C(/Nc1ccc(Br)cc1)c1ccccc1)C(=O)N2. The van der Waals surface area contributed by atoms with Crippen LogP contribution in [0.2, 0.25) is 0 Å². The molecule has 27 heavy (non-hydrogen) atoms. The lowest BCUT2D eigenvalue weighted by Gasteiger charge is -2.15. The summed E-state index contributed by atoms with van der Waals surface area (Å²) in [5, 5.41) is 15.5. The van der Waals surface area contributed by atoms with Crippen LogP contribution in [0.5, 0.6) is 0 Å². The Balaban J connectivity index is 1.92. The molecule has 4 rings (SSSR count). The molecule has 0 aromatic heterocycles. The number of benzene rings is 3. The number of halogens is 1. The predicted octanol–water partition coefficient (Wildman–Crippen LogP) is 5.25. The van der Waals surface area contributed by atoms with E-state index in [1.807, 2.05) is 54.6 Å². The quantitative estimate of drug-likeness (QED) is 0.573. The van der Waals surface area contributed by atoms with Crippen molar-refractivity contribution in [3.8, 4) is 6.07 Å². The van der Waals surface area contributed by atoms with Crippen LogP contribution in [0.4, 0.5) is 11.4 Å². The molecule has 2 N–H and O–H groups in total. The highest BCUT2D eigenvalue weighted by Crippen LogP contribution is 2.38. The van der Waals surface area contributed by atoms with Crippen molar-refractivity contribution < 1.29 is 4.79 Å². The van der Waals surface area contributed by atoms with Crippen LogP contribution in [-0.4, -0.2) is 5.91 Å². The van der Waals surface area contributed by atoms with Crippen LogP contribution in [0.1, 0.15) is 16.7 Å². The molecular formula is C22H14BrN3O. The summed E-state index contributed by atoms with van der Waals surface area (Å²) in [5.41, 5.74) is 4.92. The summed E-state index contributed by atoms with van der Waals surface area (Å²) < 4.78 is 0.976. The number of rotatable bonds is 3. The third-order valence-corrected chi connectivity index (χ3v) is 4.85. The second-order valence-electron chi connectivity index (χ2n) is 6.07. The van der Waals surface area contributed by atoms with Gasteiger partial charge in [-0.3, -0.25) is 4.79 Å². The molecule has 0 fully saturated rings. The Bertz CT molecular complexity index is 1100. The van der Waals surface area contributed by atoms with Crippen molar-refractivity contribution in [3.05, 3.63) is 94.0 Å². The van der Waals surface area contributed by atoms with Crippen molar-refractivity contribution >= 4 is 44.5 Å². The van der Waals surface area contributed by atoms with Gasteiger partial charge in [-0.05, 0) is 48.0 Å². The fourth-order valence-electron chi connectivity index (χ4n) is 3.05. The topological polar surface area (TPSA) is 64.9 Å². The minimum absolute atomic E-state index is 0.191. The third kappa shape index (κ3) is 3.35. The first-order valence-corrected chi connectivity index (χ1v) is 9.13. The summed E-state index contributed by atoms with van der Waals surface area (Å²) in [6.07, 6.45) is 0. The molecule has 1 aliphatic rings. The van der Waals surface area contributed by atoms with Gasteiger partial charge in [0, 0.05) is 21.4 Å². The Kier molecular flexibility index (Phi) is 4.49. The van der Waals surface area contributed by atoms with Crippen molar-refractivity contribution in [1.82, 2.24) is 0 Å². The highest BCUT2D eigenvalue weighted by Gasteiger charge is 2.28. The number of carbonyl (C=O) groups is 1. The maximum atomic E-state index is 12.8. The molecule has 0 atom stereocenters. The lowest BCUT2D eigenvalue weighted by molar-refractivity contribution is -0.110. The summed E-state index contributed by atoms with van der Waals surface area (Å²) in [6.45, 7) is 0. The Morgan fingerprint density at radius 1 is 1.00 bits per heavy atom. The molecule has 1 aliphatic heterocycles. The van der Waals surface area contributed by atoms with Crippen molar-refractivity contribution in [2.45, 2.75) is 0 Å². The molecule has 0 aliphatic carbocycles. The minimum atomic E-state index is -0.191. The molecule has 0 spiro atoms. The first-order chi connectivity index (χ1) is 13.2. The standard InChI is InChI=1S/C22H14BrN3O/c23-16-7-9-17(10-8-16)25-21(15-4-2-1-3-5-15)20-18-12-14(13-24)6-11-19(18)26-22(20)27/h1-12,25H,(H,26,27)/b21-20-. The molecule has 0 saturated heterocycles. The Hall–Kier alpha value is -3.36. The molecule has 5 heteroatoms. The Morgan fingerprint density at radius 2 is 1.74 bits per heavy atom. The molecule has 4 nitrogen and oxygen atoms in total. The van der Waals surface area contributed by atoms with Gasteiger partial charge in [0.1, 0.15) is 0 Å². The predicted molar refractivity (Wildman–Crippen MR) is 111 cm³/mol. The van der Waals surface area contributed by atoms with Gasteiger partial charge in [-0.25, -0.2) is 0 Å². The van der Waals surface area contributed by atoms with Crippen molar-refractivity contribution in [1.29, 1.82) is 5.26 Å². The molecule has 0 radical (unpaired) electrons. The van der Waals surface area contributed by atoms with Gasteiger partial charge in [0.2, 0.25) is 0 Å². The molecule has 1 heterocycles. The summed E-state index contributed by atoms with van der Waals surface area (Å²) in [7, 11) is 0. The number of fused-ring (bicyclic) bond motifs is 1. The van der Waals surface area contributed by atoms with E-state index >= 15 is 0 Å². The molecule has 0 unspecified atom stereocenters. The number of nitriles is 1. The van der Waals surface area contributed by atoms with E-state index in [0.29, 0.717) is 22.5 Å².